The van der Waals surface area contributed by atoms with Crippen molar-refractivity contribution in [3.63, 3.8) is 0 Å². The summed E-state index contributed by atoms with van der Waals surface area (Å²) in [4.78, 5) is 0. The van der Waals surface area contributed by atoms with Crippen LogP contribution in [0.5, 0.6) is 5.75 Å². The summed E-state index contributed by atoms with van der Waals surface area (Å²) in [6.45, 7) is 0.202. The zero-order valence-electron chi connectivity index (χ0n) is 9.25. The molecule has 2 aromatic carbocycles. The highest BCUT2D eigenvalue weighted by molar-refractivity contribution is 6.30. The predicted molar refractivity (Wildman–Crippen MR) is 66.8 cm³/mol. The topological polar surface area (TPSA) is 32.3 Å². The van der Waals surface area contributed by atoms with Crippen LogP contribution in [0.15, 0.2) is 36.4 Å². The van der Waals surface area contributed by atoms with Crippen LogP contribution in [0.4, 0.5) is 14.5 Å². The van der Waals surface area contributed by atoms with Crippen LogP contribution < -0.4 is 5.32 Å². The van der Waals surface area contributed by atoms with Crippen molar-refractivity contribution in [3.05, 3.63) is 58.6 Å². The van der Waals surface area contributed by atoms with E-state index in [1.54, 1.807) is 12.1 Å². The van der Waals surface area contributed by atoms with E-state index < -0.39 is 17.4 Å². The van der Waals surface area contributed by atoms with E-state index in [-0.39, 0.29) is 6.54 Å². The zero-order valence-corrected chi connectivity index (χ0v) is 10.0. The van der Waals surface area contributed by atoms with Crippen LogP contribution in [-0.2, 0) is 6.54 Å². The van der Waals surface area contributed by atoms with E-state index in [1.165, 1.54) is 18.2 Å². The van der Waals surface area contributed by atoms with E-state index in [9.17, 15) is 8.78 Å². The summed E-state index contributed by atoms with van der Waals surface area (Å²) in [7, 11) is 0. The molecule has 0 saturated carbocycles. The van der Waals surface area contributed by atoms with Crippen molar-refractivity contribution in [3.8, 4) is 5.75 Å². The van der Waals surface area contributed by atoms with Crippen molar-refractivity contribution in [1.29, 1.82) is 0 Å². The summed E-state index contributed by atoms with van der Waals surface area (Å²) < 4.78 is 26.5. The molecule has 94 valence electrons. The third kappa shape index (κ3) is 2.90. The maximum Gasteiger partial charge on any atom is 0.166 e. The Morgan fingerprint density at radius 1 is 1.06 bits per heavy atom. The lowest BCUT2D eigenvalue weighted by Gasteiger charge is -2.08. The van der Waals surface area contributed by atoms with Gasteiger partial charge in [-0.2, -0.15) is 0 Å². The lowest BCUT2D eigenvalue weighted by molar-refractivity contribution is 0.432. The van der Waals surface area contributed by atoms with Gasteiger partial charge in [-0.1, -0.05) is 17.7 Å². The Morgan fingerprint density at radius 2 is 1.83 bits per heavy atom. The third-order valence-electron chi connectivity index (χ3n) is 2.45. The molecule has 2 N–H and O–H groups in total. The van der Waals surface area contributed by atoms with Crippen LogP contribution in [0.3, 0.4) is 0 Å². The van der Waals surface area contributed by atoms with Gasteiger partial charge in [-0.3, -0.25) is 0 Å². The van der Waals surface area contributed by atoms with Gasteiger partial charge in [0.2, 0.25) is 0 Å². The van der Waals surface area contributed by atoms with Crippen LogP contribution in [-0.4, -0.2) is 5.11 Å². The molecule has 0 bridgehead atoms. The van der Waals surface area contributed by atoms with E-state index in [0.29, 0.717) is 16.3 Å². The van der Waals surface area contributed by atoms with Crippen LogP contribution >= 0.6 is 11.6 Å². The van der Waals surface area contributed by atoms with Gasteiger partial charge in [-0.05, 0) is 24.3 Å². The molecule has 2 aromatic rings. The van der Waals surface area contributed by atoms with Crippen molar-refractivity contribution in [2.45, 2.75) is 6.54 Å². The number of aromatic hydroxyl groups is 1. The monoisotopic (exact) mass is 269 g/mol. The molecule has 0 saturated heterocycles. The molecule has 0 aliphatic carbocycles. The van der Waals surface area contributed by atoms with Crippen molar-refractivity contribution < 1.29 is 13.9 Å². The smallest absolute Gasteiger partial charge is 0.166 e. The molecule has 0 spiro atoms. The van der Waals surface area contributed by atoms with Gasteiger partial charge >= 0.3 is 0 Å². The summed E-state index contributed by atoms with van der Waals surface area (Å²) in [5.74, 6) is -1.57. The fraction of sp³-hybridized carbons (Fsp3) is 0.0769. The summed E-state index contributed by atoms with van der Waals surface area (Å²) in [5.41, 5.74) is 0.882. The van der Waals surface area contributed by atoms with Crippen molar-refractivity contribution in [1.82, 2.24) is 0 Å². The Kier molecular flexibility index (Phi) is 3.67. The lowest BCUT2D eigenvalue weighted by atomic mass is 10.2. The van der Waals surface area contributed by atoms with Gasteiger partial charge < -0.3 is 10.4 Å². The molecular formula is C13H10ClF2NO. The van der Waals surface area contributed by atoms with Gasteiger partial charge in [-0.25, -0.2) is 8.78 Å². The summed E-state index contributed by atoms with van der Waals surface area (Å²) >= 11 is 5.63. The number of nitrogens with one attached hydrogen (secondary N) is 1. The van der Waals surface area contributed by atoms with Gasteiger partial charge in [0.25, 0.3) is 0 Å². The van der Waals surface area contributed by atoms with Crippen LogP contribution in [0.25, 0.3) is 0 Å². The highest BCUT2D eigenvalue weighted by Crippen LogP contribution is 2.21. The molecule has 0 aromatic heterocycles. The second-order valence-corrected chi connectivity index (χ2v) is 4.19. The quantitative estimate of drug-likeness (QED) is 0.828. The number of halogens is 3. The normalized spacial score (nSPS) is 10.4. The molecule has 2 nitrogen and oxygen atoms in total. The number of phenols is 1. The number of anilines is 1. The van der Waals surface area contributed by atoms with Gasteiger partial charge in [0.05, 0.1) is 0 Å². The number of hydrogen-bond acceptors (Lipinski definition) is 2. The van der Waals surface area contributed by atoms with Gasteiger partial charge in [-0.15, -0.1) is 0 Å². The molecule has 0 fully saturated rings. The van der Waals surface area contributed by atoms with Crippen molar-refractivity contribution >= 4 is 17.3 Å². The molecule has 0 atom stereocenters. The highest BCUT2D eigenvalue weighted by atomic mass is 35.5. The van der Waals surface area contributed by atoms with E-state index in [2.05, 4.69) is 5.32 Å². The van der Waals surface area contributed by atoms with E-state index in [4.69, 9.17) is 16.7 Å². The van der Waals surface area contributed by atoms with Gasteiger partial charge in [0.1, 0.15) is 5.82 Å². The first-order valence-electron chi connectivity index (χ1n) is 5.22. The Hall–Kier alpha value is -1.81. The molecule has 0 aliphatic heterocycles. The summed E-state index contributed by atoms with van der Waals surface area (Å²) in [5, 5.41) is 12.2. The Morgan fingerprint density at radius 3 is 2.50 bits per heavy atom. The first kappa shape index (κ1) is 12.6. The van der Waals surface area contributed by atoms with Gasteiger partial charge in [0, 0.05) is 28.9 Å². The standard InChI is InChI=1S/C13H10ClF2NO/c14-9-2-1-8(11(15)5-9)7-17-10-3-4-13(18)12(16)6-10/h1-6,17-18H,7H2. The number of rotatable bonds is 3. The minimum Gasteiger partial charge on any atom is -0.505 e. The van der Waals surface area contributed by atoms with E-state index in [0.717, 1.165) is 6.07 Å². The van der Waals surface area contributed by atoms with Crippen LogP contribution in [0.1, 0.15) is 5.56 Å². The van der Waals surface area contributed by atoms with Crippen molar-refractivity contribution in [2.24, 2.45) is 0 Å². The average molecular weight is 270 g/mol. The molecule has 0 unspecified atom stereocenters. The fourth-order valence-electron chi connectivity index (χ4n) is 1.48. The number of hydrogen-bond donors (Lipinski definition) is 2. The minimum atomic E-state index is -0.725. The third-order valence-corrected chi connectivity index (χ3v) is 2.68. The maximum absolute atomic E-state index is 13.5. The second kappa shape index (κ2) is 5.23. The zero-order chi connectivity index (χ0) is 13.1. The van der Waals surface area contributed by atoms with Crippen LogP contribution in [0.2, 0.25) is 5.02 Å². The molecule has 0 aliphatic rings. The second-order valence-electron chi connectivity index (χ2n) is 3.76. The number of phenolic OH excluding ortho intramolecular Hbond substituents is 1. The molecule has 5 heteroatoms. The first-order chi connectivity index (χ1) is 8.56. The van der Waals surface area contributed by atoms with E-state index in [1.807, 2.05) is 0 Å². The Labute approximate surface area is 108 Å². The molecule has 0 amide bonds. The maximum atomic E-state index is 13.5. The molecule has 2 rings (SSSR count). The highest BCUT2D eigenvalue weighted by Gasteiger charge is 2.04. The molecule has 0 radical (unpaired) electrons. The molecular weight excluding hydrogens is 260 g/mol. The van der Waals surface area contributed by atoms with Crippen molar-refractivity contribution in [2.75, 3.05) is 5.32 Å². The largest absolute Gasteiger partial charge is 0.505 e. The molecule has 18 heavy (non-hydrogen) atoms. The SMILES string of the molecule is Oc1ccc(NCc2ccc(Cl)cc2F)cc1F. The Bertz CT molecular complexity index is 575. The minimum absolute atomic E-state index is 0.202. The fourth-order valence-corrected chi connectivity index (χ4v) is 1.64. The summed E-state index contributed by atoms with van der Waals surface area (Å²) in [6, 6.07) is 8.24. The van der Waals surface area contributed by atoms with E-state index >= 15 is 0 Å². The van der Waals surface area contributed by atoms with Crippen LogP contribution in [0, 0.1) is 11.6 Å². The molecule has 0 heterocycles. The first-order valence-corrected chi connectivity index (χ1v) is 5.60. The Balaban J connectivity index is 2.09. The van der Waals surface area contributed by atoms with Gasteiger partial charge in [0.15, 0.2) is 11.6 Å². The lowest BCUT2D eigenvalue weighted by Crippen LogP contribution is -2.01. The average Bonchev–Trinajstić information content (AvgIpc) is 2.32. The predicted octanol–water partition coefficient (Wildman–Crippen LogP) is 3.94. The number of benzene rings is 2. The summed E-state index contributed by atoms with van der Waals surface area (Å²) in [6.07, 6.45) is 0.